The third-order valence-corrected chi connectivity index (χ3v) is 5.24. The number of aliphatic hydroxyl groups is 1. The van der Waals surface area contributed by atoms with Gasteiger partial charge in [0.15, 0.2) is 0 Å². The number of carbonyl (C=O) groups is 2. The molecule has 2 aromatic rings. The molecule has 28 heavy (non-hydrogen) atoms. The van der Waals surface area contributed by atoms with E-state index < -0.39 is 5.91 Å². The maximum atomic E-state index is 12.8. The summed E-state index contributed by atoms with van der Waals surface area (Å²) in [6.45, 7) is 7.26. The Bertz CT molecular complexity index is 851. The molecule has 3 rings (SSSR count). The number of aliphatic hydroxyl groups excluding tert-OH is 1. The average molecular weight is 385 g/mol. The molecule has 1 saturated heterocycles. The van der Waals surface area contributed by atoms with Gasteiger partial charge in [0.25, 0.3) is 11.8 Å². The minimum Gasteiger partial charge on any atom is -0.396 e. The lowest BCUT2D eigenvalue weighted by Crippen LogP contribution is -2.39. The molecule has 7 nitrogen and oxygen atoms in total. The Kier molecular flexibility index (Phi) is 6.14. The third-order valence-electron chi connectivity index (χ3n) is 5.24. The Morgan fingerprint density at radius 1 is 1.29 bits per heavy atom. The average Bonchev–Trinajstić information content (AvgIpc) is 3.20. The Labute approximate surface area is 164 Å². The van der Waals surface area contributed by atoms with Gasteiger partial charge in [-0.3, -0.25) is 9.59 Å². The summed E-state index contributed by atoms with van der Waals surface area (Å²) in [7, 11) is 0. The van der Waals surface area contributed by atoms with Crippen LogP contribution in [0.15, 0.2) is 28.8 Å². The summed E-state index contributed by atoms with van der Waals surface area (Å²) < 4.78 is 5.14. The molecule has 0 atom stereocenters. The van der Waals surface area contributed by atoms with Crippen molar-refractivity contribution in [1.29, 1.82) is 0 Å². The number of aromatic nitrogens is 1. The van der Waals surface area contributed by atoms with E-state index in [1.807, 2.05) is 26.8 Å². The van der Waals surface area contributed by atoms with E-state index in [9.17, 15) is 14.7 Å². The van der Waals surface area contributed by atoms with E-state index in [2.05, 4.69) is 10.5 Å². The van der Waals surface area contributed by atoms with E-state index in [0.29, 0.717) is 24.3 Å². The Hall–Kier alpha value is -2.67. The lowest BCUT2D eigenvalue weighted by atomic mass is 9.97. The number of hydrogen-bond acceptors (Lipinski definition) is 5. The second-order valence-electron chi connectivity index (χ2n) is 7.67. The number of rotatable bonds is 5. The van der Waals surface area contributed by atoms with Crippen LogP contribution in [0.3, 0.4) is 0 Å². The Morgan fingerprint density at radius 2 is 2.00 bits per heavy atom. The van der Waals surface area contributed by atoms with E-state index >= 15 is 0 Å². The highest BCUT2D eigenvalue weighted by molar-refractivity contribution is 6.04. The smallest absolute Gasteiger partial charge is 0.294 e. The van der Waals surface area contributed by atoms with E-state index in [4.69, 9.17) is 4.52 Å². The minimum absolute atomic E-state index is 0.0614. The highest BCUT2D eigenvalue weighted by Gasteiger charge is 2.24. The standard InChI is InChI=1S/C21H27N3O4/c1-13(2)17-11-19(28-23-17)20(26)22-18-10-16(5-4-14(18)3)21(27)24-8-6-15(12-25)7-9-24/h4-5,10-11,13,15,25H,6-9,12H2,1-3H3,(H,22,26). The van der Waals surface area contributed by atoms with E-state index in [1.54, 1.807) is 23.1 Å². The lowest BCUT2D eigenvalue weighted by Gasteiger charge is -2.31. The zero-order valence-corrected chi connectivity index (χ0v) is 16.6. The summed E-state index contributed by atoms with van der Waals surface area (Å²) in [6.07, 6.45) is 1.61. The number of likely N-dealkylation sites (tertiary alicyclic amines) is 1. The first-order valence-corrected chi connectivity index (χ1v) is 9.67. The first-order valence-electron chi connectivity index (χ1n) is 9.67. The van der Waals surface area contributed by atoms with Crippen molar-refractivity contribution in [2.24, 2.45) is 5.92 Å². The van der Waals surface area contributed by atoms with Gasteiger partial charge in [0.2, 0.25) is 5.76 Å². The summed E-state index contributed by atoms with van der Waals surface area (Å²) in [5.74, 6) is 0.132. The van der Waals surface area contributed by atoms with Crippen LogP contribution in [0, 0.1) is 12.8 Å². The van der Waals surface area contributed by atoms with Gasteiger partial charge in [-0.1, -0.05) is 25.1 Å². The van der Waals surface area contributed by atoms with Crippen LogP contribution in [-0.4, -0.2) is 46.7 Å². The van der Waals surface area contributed by atoms with Crippen molar-refractivity contribution < 1.29 is 19.2 Å². The Morgan fingerprint density at radius 3 is 2.61 bits per heavy atom. The van der Waals surface area contributed by atoms with Gasteiger partial charge in [-0.15, -0.1) is 0 Å². The molecule has 150 valence electrons. The van der Waals surface area contributed by atoms with Gasteiger partial charge in [0.05, 0.1) is 5.69 Å². The quantitative estimate of drug-likeness (QED) is 0.824. The van der Waals surface area contributed by atoms with Crippen LogP contribution in [0.4, 0.5) is 5.69 Å². The molecule has 1 aliphatic rings. The van der Waals surface area contributed by atoms with Crippen molar-refractivity contribution in [3.05, 3.63) is 46.8 Å². The maximum Gasteiger partial charge on any atom is 0.294 e. The van der Waals surface area contributed by atoms with E-state index in [0.717, 1.165) is 24.1 Å². The number of benzene rings is 1. The molecular weight excluding hydrogens is 358 g/mol. The fraction of sp³-hybridized carbons (Fsp3) is 0.476. The summed E-state index contributed by atoms with van der Waals surface area (Å²) in [6, 6.07) is 6.93. The number of aryl methyl sites for hydroxylation is 1. The Balaban J connectivity index is 1.72. The van der Waals surface area contributed by atoms with Gasteiger partial charge < -0.3 is 19.8 Å². The molecule has 0 radical (unpaired) electrons. The molecule has 2 N–H and O–H groups in total. The monoisotopic (exact) mass is 385 g/mol. The molecule has 0 saturated carbocycles. The molecule has 1 fully saturated rings. The molecule has 0 spiro atoms. The number of hydrogen-bond donors (Lipinski definition) is 2. The van der Waals surface area contributed by atoms with Crippen molar-refractivity contribution >= 4 is 17.5 Å². The molecule has 0 unspecified atom stereocenters. The van der Waals surface area contributed by atoms with Crippen LogP contribution < -0.4 is 5.32 Å². The lowest BCUT2D eigenvalue weighted by molar-refractivity contribution is 0.0650. The van der Waals surface area contributed by atoms with Crippen LogP contribution in [0.25, 0.3) is 0 Å². The number of nitrogens with one attached hydrogen (secondary N) is 1. The van der Waals surface area contributed by atoms with Gasteiger partial charge in [-0.25, -0.2) is 0 Å². The van der Waals surface area contributed by atoms with Crippen LogP contribution >= 0.6 is 0 Å². The topological polar surface area (TPSA) is 95.7 Å². The number of carbonyl (C=O) groups excluding carboxylic acids is 2. The third kappa shape index (κ3) is 4.42. The van der Waals surface area contributed by atoms with Crippen LogP contribution in [0.5, 0.6) is 0 Å². The van der Waals surface area contributed by atoms with E-state index in [-0.39, 0.29) is 30.1 Å². The molecule has 1 aromatic carbocycles. The van der Waals surface area contributed by atoms with E-state index in [1.165, 1.54) is 0 Å². The number of nitrogens with zero attached hydrogens (tertiary/aromatic N) is 2. The van der Waals surface area contributed by atoms with Crippen LogP contribution in [0.2, 0.25) is 0 Å². The highest BCUT2D eigenvalue weighted by atomic mass is 16.5. The molecule has 1 aliphatic heterocycles. The first kappa shape index (κ1) is 20.1. The summed E-state index contributed by atoms with van der Waals surface area (Å²) in [5, 5.41) is 16.0. The van der Waals surface area contributed by atoms with Crippen molar-refractivity contribution in [1.82, 2.24) is 10.1 Å². The normalized spacial score (nSPS) is 15.1. The van der Waals surface area contributed by atoms with Crippen LogP contribution in [-0.2, 0) is 0 Å². The van der Waals surface area contributed by atoms with Gasteiger partial charge >= 0.3 is 0 Å². The summed E-state index contributed by atoms with van der Waals surface area (Å²) in [4.78, 5) is 27.1. The van der Waals surface area contributed by atoms with Gasteiger partial charge in [0.1, 0.15) is 0 Å². The zero-order valence-electron chi connectivity index (χ0n) is 16.6. The largest absolute Gasteiger partial charge is 0.396 e. The molecule has 0 bridgehead atoms. The molecule has 7 heteroatoms. The van der Waals surface area contributed by atoms with Gasteiger partial charge in [-0.05, 0) is 49.3 Å². The number of piperidine rings is 1. The number of amides is 2. The predicted octanol–water partition coefficient (Wildman–Crippen LogP) is 3.20. The van der Waals surface area contributed by atoms with Crippen molar-refractivity contribution in [2.45, 2.75) is 39.5 Å². The minimum atomic E-state index is -0.393. The maximum absolute atomic E-state index is 12.8. The SMILES string of the molecule is Cc1ccc(C(=O)N2CCC(CO)CC2)cc1NC(=O)c1cc(C(C)C)no1. The molecule has 1 aromatic heterocycles. The fourth-order valence-electron chi connectivity index (χ4n) is 3.24. The van der Waals surface area contributed by atoms with Crippen molar-refractivity contribution in [3.63, 3.8) is 0 Å². The molecule has 2 heterocycles. The summed E-state index contributed by atoms with van der Waals surface area (Å²) in [5.41, 5.74) is 2.68. The first-order chi connectivity index (χ1) is 13.4. The molecule has 2 amide bonds. The van der Waals surface area contributed by atoms with Crippen molar-refractivity contribution in [2.75, 3.05) is 25.0 Å². The van der Waals surface area contributed by atoms with Crippen LogP contribution in [0.1, 0.15) is 64.8 Å². The second kappa shape index (κ2) is 8.56. The van der Waals surface area contributed by atoms with Crippen molar-refractivity contribution in [3.8, 4) is 0 Å². The predicted molar refractivity (Wildman–Crippen MR) is 105 cm³/mol. The number of anilines is 1. The summed E-state index contributed by atoms with van der Waals surface area (Å²) >= 11 is 0. The fourth-order valence-corrected chi connectivity index (χ4v) is 3.24. The zero-order chi connectivity index (χ0) is 20.3. The molecular formula is C21H27N3O4. The second-order valence-corrected chi connectivity index (χ2v) is 7.67. The van der Waals surface area contributed by atoms with Gasteiger partial charge in [0, 0.05) is 37.0 Å². The highest BCUT2D eigenvalue weighted by Crippen LogP contribution is 2.23. The molecule has 0 aliphatic carbocycles. The van der Waals surface area contributed by atoms with Gasteiger partial charge in [-0.2, -0.15) is 0 Å².